The lowest BCUT2D eigenvalue weighted by molar-refractivity contribution is 0.546. The van der Waals surface area contributed by atoms with E-state index in [-0.39, 0.29) is 5.92 Å². The fraction of sp³-hybridized carbons (Fsp3) is 0.154. The SMILES string of the molecule is CC([C]=O)c1ccc(-n2cccc2)c(Cl)c1. The van der Waals surface area contributed by atoms with Crippen LogP contribution in [0.2, 0.25) is 5.02 Å². The Bertz CT molecular complexity index is 491. The molecular weight excluding hydrogens is 222 g/mol. The maximum Gasteiger partial charge on any atom is 0.206 e. The highest BCUT2D eigenvalue weighted by molar-refractivity contribution is 6.32. The molecule has 1 heterocycles. The van der Waals surface area contributed by atoms with E-state index >= 15 is 0 Å². The molecule has 0 aliphatic rings. The van der Waals surface area contributed by atoms with E-state index in [0.29, 0.717) is 5.02 Å². The zero-order valence-electron chi connectivity index (χ0n) is 8.85. The van der Waals surface area contributed by atoms with E-state index < -0.39 is 0 Å². The largest absolute Gasteiger partial charge is 0.322 e. The first kappa shape index (κ1) is 11.0. The number of aromatic nitrogens is 1. The highest BCUT2D eigenvalue weighted by Gasteiger charge is 2.08. The molecule has 0 amide bonds. The van der Waals surface area contributed by atoms with Crippen molar-refractivity contribution in [2.75, 3.05) is 0 Å². The van der Waals surface area contributed by atoms with Gasteiger partial charge in [0.25, 0.3) is 0 Å². The normalized spacial score (nSPS) is 12.4. The summed E-state index contributed by atoms with van der Waals surface area (Å²) in [4.78, 5) is 10.6. The van der Waals surface area contributed by atoms with Gasteiger partial charge in [-0.25, -0.2) is 0 Å². The Morgan fingerprint density at radius 1 is 1.31 bits per heavy atom. The van der Waals surface area contributed by atoms with Gasteiger partial charge in [0.2, 0.25) is 6.29 Å². The molecule has 2 aromatic rings. The minimum absolute atomic E-state index is 0.240. The minimum atomic E-state index is -0.240. The van der Waals surface area contributed by atoms with Gasteiger partial charge in [-0.3, -0.25) is 4.79 Å². The van der Waals surface area contributed by atoms with Crippen molar-refractivity contribution < 1.29 is 4.79 Å². The molecule has 1 unspecified atom stereocenters. The third-order valence-corrected chi connectivity index (χ3v) is 2.83. The van der Waals surface area contributed by atoms with Crippen molar-refractivity contribution in [2.45, 2.75) is 12.8 Å². The molecule has 2 rings (SSSR count). The number of rotatable bonds is 3. The summed E-state index contributed by atoms with van der Waals surface area (Å²) in [5.41, 5.74) is 1.80. The van der Waals surface area contributed by atoms with Crippen molar-refractivity contribution in [3.8, 4) is 5.69 Å². The van der Waals surface area contributed by atoms with E-state index in [1.165, 1.54) is 0 Å². The van der Waals surface area contributed by atoms with Gasteiger partial charge in [0.1, 0.15) is 0 Å². The van der Waals surface area contributed by atoms with Crippen molar-refractivity contribution in [1.82, 2.24) is 4.57 Å². The van der Waals surface area contributed by atoms with Gasteiger partial charge in [0.05, 0.1) is 10.7 Å². The first-order valence-corrected chi connectivity index (χ1v) is 5.40. The summed E-state index contributed by atoms with van der Waals surface area (Å²) in [6.07, 6.45) is 5.80. The lowest BCUT2D eigenvalue weighted by Crippen LogP contribution is -1.97. The van der Waals surface area contributed by atoms with Crippen LogP contribution < -0.4 is 0 Å². The minimum Gasteiger partial charge on any atom is -0.322 e. The number of carbonyl (C=O) groups excluding carboxylic acids is 1. The van der Waals surface area contributed by atoms with Crippen LogP contribution in [0.25, 0.3) is 5.69 Å². The second-order valence-electron chi connectivity index (χ2n) is 3.64. The van der Waals surface area contributed by atoms with Crippen LogP contribution in [0.4, 0.5) is 0 Å². The zero-order valence-corrected chi connectivity index (χ0v) is 9.61. The Labute approximate surface area is 99.5 Å². The van der Waals surface area contributed by atoms with Crippen molar-refractivity contribution in [1.29, 1.82) is 0 Å². The predicted octanol–water partition coefficient (Wildman–Crippen LogP) is 3.34. The summed E-state index contributed by atoms with van der Waals surface area (Å²) in [6.45, 7) is 1.80. The molecule has 1 aromatic carbocycles. The van der Waals surface area contributed by atoms with E-state index in [1.54, 1.807) is 6.92 Å². The third kappa shape index (κ3) is 2.02. The number of halogens is 1. The molecule has 0 saturated carbocycles. The summed E-state index contributed by atoms with van der Waals surface area (Å²) >= 11 is 6.17. The third-order valence-electron chi connectivity index (χ3n) is 2.53. The second-order valence-corrected chi connectivity index (χ2v) is 4.05. The van der Waals surface area contributed by atoms with Crippen LogP contribution >= 0.6 is 11.6 Å². The molecule has 0 aliphatic carbocycles. The topological polar surface area (TPSA) is 22.0 Å². The molecular formula is C13H11ClNO. The first-order valence-electron chi connectivity index (χ1n) is 5.03. The summed E-state index contributed by atoms with van der Waals surface area (Å²) in [5.74, 6) is -0.240. The van der Waals surface area contributed by atoms with Crippen LogP contribution in [0.3, 0.4) is 0 Å². The highest BCUT2D eigenvalue weighted by Crippen LogP contribution is 2.25. The van der Waals surface area contributed by atoms with Crippen LogP contribution in [0.1, 0.15) is 18.4 Å². The van der Waals surface area contributed by atoms with Gasteiger partial charge in [-0.1, -0.05) is 24.6 Å². The summed E-state index contributed by atoms with van der Waals surface area (Å²) < 4.78 is 1.93. The van der Waals surface area contributed by atoms with E-state index in [0.717, 1.165) is 11.3 Å². The van der Waals surface area contributed by atoms with Crippen molar-refractivity contribution >= 4 is 17.9 Å². The molecule has 0 aliphatic heterocycles. The summed E-state index contributed by atoms with van der Waals surface area (Å²) in [5, 5.41) is 0.635. The molecule has 2 nitrogen and oxygen atoms in total. The smallest absolute Gasteiger partial charge is 0.206 e. The maximum atomic E-state index is 10.6. The predicted molar refractivity (Wildman–Crippen MR) is 64.9 cm³/mol. The van der Waals surface area contributed by atoms with Crippen LogP contribution in [0, 0.1) is 0 Å². The van der Waals surface area contributed by atoms with Gasteiger partial charge in [-0.15, -0.1) is 0 Å². The Balaban J connectivity index is 2.41. The molecule has 0 N–H and O–H groups in total. The van der Waals surface area contributed by atoms with Crippen molar-refractivity contribution in [3.63, 3.8) is 0 Å². The molecule has 1 radical (unpaired) electrons. The highest BCUT2D eigenvalue weighted by atomic mass is 35.5. The molecule has 16 heavy (non-hydrogen) atoms. The van der Waals surface area contributed by atoms with Crippen LogP contribution in [-0.4, -0.2) is 10.9 Å². The number of hydrogen-bond acceptors (Lipinski definition) is 1. The van der Waals surface area contributed by atoms with E-state index in [4.69, 9.17) is 11.6 Å². The first-order chi connectivity index (χ1) is 7.72. The fourth-order valence-electron chi connectivity index (χ4n) is 1.57. The van der Waals surface area contributed by atoms with Crippen molar-refractivity contribution in [3.05, 3.63) is 53.3 Å². The molecule has 1 aromatic heterocycles. The summed E-state index contributed by atoms with van der Waals surface area (Å²) in [7, 11) is 0. The zero-order chi connectivity index (χ0) is 11.5. The molecule has 0 bridgehead atoms. The Kier molecular flexibility index (Phi) is 3.11. The van der Waals surface area contributed by atoms with Gasteiger partial charge in [0.15, 0.2) is 0 Å². The van der Waals surface area contributed by atoms with Gasteiger partial charge in [0, 0.05) is 18.3 Å². The number of nitrogens with zero attached hydrogens (tertiary/aromatic N) is 1. The second kappa shape index (κ2) is 4.54. The van der Waals surface area contributed by atoms with Crippen LogP contribution in [0.15, 0.2) is 42.7 Å². The quantitative estimate of drug-likeness (QED) is 0.796. The number of benzene rings is 1. The monoisotopic (exact) mass is 232 g/mol. The lowest BCUT2D eigenvalue weighted by atomic mass is 10.0. The molecule has 0 spiro atoms. The van der Waals surface area contributed by atoms with E-state index in [9.17, 15) is 4.79 Å². The van der Waals surface area contributed by atoms with Gasteiger partial charge < -0.3 is 4.57 Å². The van der Waals surface area contributed by atoms with E-state index in [2.05, 4.69) is 0 Å². The van der Waals surface area contributed by atoms with Gasteiger partial charge in [-0.2, -0.15) is 0 Å². The molecule has 1 atom stereocenters. The maximum absolute atomic E-state index is 10.6. The van der Waals surface area contributed by atoms with Gasteiger partial charge in [-0.05, 0) is 29.8 Å². The Morgan fingerprint density at radius 2 is 2.00 bits per heavy atom. The van der Waals surface area contributed by atoms with E-state index in [1.807, 2.05) is 53.6 Å². The molecule has 81 valence electrons. The van der Waals surface area contributed by atoms with Crippen LogP contribution in [-0.2, 0) is 4.79 Å². The van der Waals surface area contributed by atoms with Gasteiger partial charge >= 0.3 is 0 Å². The average molecular weight is 233 g/mol. The average Bonchev–Trinajstić information content (AvgIpc) is 2.81. The standard InChI is InChI=1S/C13H11ClNO/c1-10(9-16)11-4-5-13(12(14)8-11)15-6-2-3-7-15/h2-8,10H,1H3. The number of hydrogen-bond donors (Lipinski definition) is 0. The molecule has 0 fully saturated rings. The lowest BCUT2D eigenvalue weighted by Gasteiger charge is -2.09. The van der Waals surface area contributed by atoms with Crippen molar-refractivity contribution in [2.24, 2.45) is 0 Å². The van der Waals surface area contributed by atoms with Crippen LogP contribution in [0.5, 0.6) is 0 Å². The summed E-state index contributed by atoms with van der Waals surface area (Å²) in [6, 6.07) is 9.49. The Hall–Kier alpha value is -1.54. The fourth-order valence-corrected chi connectivity index (χ4v) is 1.85. The Morgan fingerprint density at radius 3 is 2.56 bits per heavy atom. The molecule has 0 saturated heterocycles. The molecule has 3 heteroatoms.